The Hall–Kier alpha value is -1.13. The maximum Gasteiger partial charge on any atom is 0.248 e. The smallest absolute Gasteiger partial charge is 0.248 e. The first-order valence-electron chi connectivity index (χ1n) is 7.10. The first-order chi connectivity index (χ1) is 8.90. The van der Waals surface area contributed by atoms with Crippen molar-refractivity contribution in [1.29, 1.82) is 0 Å². The van der Waals surface area contributed by atoms with E-state index in [0.29, 0.717) is 19.4 Å². The highest BCUT2D eigenvalue weighted by Crippen LogP contribution is 2.46. The summed E-state index contributed by atoms with van der Waals surface area (Å²) < 4.78 is 12.5. The van der Waals surface area contributed by atoms with Gasteiger partial charge < -0.3 is 10.2 Å². The highest BCUT2D eigenvalue weighted by molar-refractivity contribution is 6.02. The maximum atomic E-state index is 12.7. The molecule has 0 radical (unpaired) electrons. The number of carbonyl (C=O) groups excluding carboxylic acids is 2. The Kier molecular flexibility index (Phi) is 3.58. The zero-order valence-corrected chi connectivity index (χ0v) is 12.0. The molecule has 0 aromatic carbocycles. The van der Waals surface area contributed by atoms with E-state index >= 15 is 0 Å². The zero-order chi connectivity index (χ0) is 14.3. The van der Waals surface area contributed by atoms with E-state index in [1.807, 2.05) is 13.8 Å². The van der Waals surface area contributed by atoms with E-state index in [1.54, 1.807) is 11.8 Å². The summed E-state index contributed by atoms with van der Waals surface area (Å²) in [6.45, 7) is 5.32. The van der Waals surface area contributed by atoms with Crippen molar-refractivity contribution in [3.63, 3.8) is 0 Å². The monoisotopic (exact) mass is 270 g/mol. The molecule has 2 atom stereocenters. The summed E-state index contributed by atoms with van der Waals surface area (Å²) in [4.78, 5) is 26.8. The Bertz CT molecular complexity index is 397. The maximum absolute atomic E-state index is 12.7. The molecule has 5 heteroatoms. The van der Waals surface area contributed by atoms with Gasteiger partial charge in [0, 0.05) is 6.54 Å². The molecule has 108 valence electrons. The third-order valence-electron chi connectivity index (χ3n) is 4.72. The van der Waals surface area contributed by atoms with Crippen molar-refractivity contribution in [2.24, 2.45) is 5.92 Å². The molecular weight excluding hydrogens is 247 g/mol. The Balaban J connectivity index is 2.33. The minimum absolute atomic E-state index is 0.0718. The molecule has 1 aliphatic carbocycles. The van der Waals surface area contributed by atoms with Crippen molar-refractivity contribution in [2.75, 3.05) is 13.2 Å². The molecule has 1 saturated carbocycles. The SMILES string of the molecule is CCC1(C)NC(=O)C(C)(C2CC2)N(CCCF)C1=O. The van der Waals surface area contributed by atoms with Crippen LogP contribution in [0.3, 0.4) is 0 Å². The van der Waals surface area contributed by atoms with Crippen LogP contribution in [-0.2, 0) is 9.59 Å². The lowest BCUT2D eigenvalue weighted by Gasteiger charge is -2.50. The number of hydrogen-bond donors (Lipinski definition) is 1. The van der Waals surface area contributed by atoms with E-state index in [-0.39, 0.29) is 17.7 Å². The van der Waals surface area contributed by atoms with Gasteiger partial charge in [-0.25, -0.2) is 0 Å². The van der Waals surface area contributed by atoms with Crippen molar-refractivity contribution in [3.8, 4) is 0 Å². The third-order valence-corrected chi connectivity index (χ3v) is 4.72. The molecule has 19 heavy (non-hydrogen) atoms. The van der Waals surface area contributed by atoms with Crippen LogP contribution >= 0.6 is 0 Å². The minimum Gasteiger partial charge on any atom is -0.340 e. The average molecular weight is 270 g/mol. The summed E-state index contributed by atoms with van der Waals surface area (Å²) in [5.74, 6) is 0.0627. The summed E-state index contributed by atoms with van der Waals surface area (Å²) in [5, 5.41) is 2.89. The summed E-state index contributed by atoms with van der Waals surface area (Å²) in [6, 6.07) is 0. The highest BCUT2D eigenvalue weighted by Gasteiger charge is 2.59. The molecule has 2 aliphatic rings. The summed E-state index contributed by atoms with van der Waals surface area (Å²) in [5.41, 5.74) is -1.64. The number of carbonyl (C=O) groups is 2. The van der Waals surface area contributed by atoms with Gasteiger partial charge in [0.15, 0.2) is 0 Å². The number of alkyl halides is 1. The molecule has 2 rings (SSSR count). The predicted molar refractivity (Wildman–Crippen MR) is 70.3 cm³/mol. The van der Waals surface area contributed by atoms with Gasteiger partial charge in [-0.1, -0.05) is 6.92 Å². The van der Waals surface area contributed by atoms with Crippen molar-refractivity contribution in [2.45, 2.75) is 57.5 Å². The molecular formula is C14H23FN2O2. The molecule has 0 aromatic heterocycles. The van der Waals surface area contributed by atoms with Crippen LogP contribution in [0.4, 0.5) is 4.39 Å². The summed E-state index contributed by atoms with van der Waals surface area (Å²) in [6.07, 6.45) is 2.77. The topological polar surface area (TPSA) is 49.4 Å². The highest BCUT2D eigenvalue weighted by atomic mass is 19.1. The van der Waals surface area contributed by atoms with E-state index < -0.39 is 17.8 Å². The molecule has 0 aromatic rings. The molecule has 0 bridgehead atoms. The number of nitrogens with one attached hydrogen (secondary N) is 1. The van der Waals surface area contributed by atoms with Gasteiger partial charge in [-0.2, -0.15) is 0 Å². The molecule has 1 aliphatic heterocycles. The minimum atomic E-state index is -0.845. The molecule has 1 heterocycles. The third kappa shape index (κ3) is 2.13. The Morgan fingerprint density at radius 2 is 2.00 bits per heavy atom. The van der Waals surface area contributed by atoms with Crippen LogP contribution in [-0.4, -0.2) is 41.0 Å². The molecule has 4 nitrogen and oxygen atoms in total. The van der Waals surface area contributed by atoms with Crippen LogP contribution in [0.5, 0.6) is 0 Å². The van der Waals surface area contributed by atoms with Gasteiger partial charge >= 0.3 is 0 Å². The molecule has 1 saturated heterocycles. The normalized spacial score (nSPS) is 35.5. The number of halogens is 1. The quantitative estimate of drug-likeness (QED) is 0.825. The fourth-order valence-electron chi connectivity index (χ4n) is 2.90. The van der Waals surface area contributed by atoms with Crippen molar-refractivity contribution < 1.29 is 14.0 Å². The lowest BCUT2D eigenvalue weighted by Crippen LogP contribution is -2.74. The molecule has 2 unspecified atom stereocenters. The van der Waals surface area contributed by atoms with Crippen LogP contribution < -0.4 is 5.32 Å². The molecule has 2 fully saturated rings. The van der Waals surface area contributed by atoms with Crippen LogP contribution in [0.25, 0.3) is 0 Å². The van der Waals surface area contributed by atoms with Gasteiger partial charge in [0.05, 0.1) is 6.67 Å². The lowest BCUT2D eigenvalue weighted by molar-refractivity contribution is -0.163. The van der Waals surface area contributed by atoms with Gasteiger partial charge in [-0.3, -0.25) is 14.0 Å². The Labute approximate surface area is 113 Å². The molecule has 2 amide bonds. The second-order valence-corrected chi connectivity index (χ2v) is 6.06. The predicted octanol–water partition coefficient (Wildman–Crippen LogP) is 1.64. The Morgan fingerprint density at radius 1 is 1.37 bits per heavy atom. The van der Waals surface area contributed by atoms with Crippen LogP contribution in [0.2, 0.25) is 0 Å². The summed E-state index contributed by atoms with van der Waals surface area (Å²) in [7, 11) is 0. The van der Waals surface area contributed by atoms with Crippen molar-refractivity contribution in [1.82, 2.24) is 10.2 Å². The first kappa shape index (κ1) is 14.3. The van der Waals surface area contributed by atoms with Gasteiger partial charge in [0.1, 0.15) is 11.1 Å². The van der Waals surface area contributed by atoms with Gasteiger partial charge in [-0.15, -0.1) is 0 Å². The van der Waals surface area contributed by atoms with E-state index in [4.69, 9.17) is 0 Å². The lowest BCUT2D eigenvalue weighted by atomic mass is 9.82. The van der Waals surface area contributed by atoms with Gasteiger partial charge in [-0.05, 0) is 45.4 Å². The average Bonchev–Trinajstić information content (AvgIpc) is 3.21. The molecule has 0 spiro atoms. The standard InChI is InChI=1S/C14H23FN2O2/c1-4-13(2)12(19)17(9-5-8-15)14(3,10-6-7-10)11(18)16-13/h10H,4-9H2,1-3H3,(H,16,18). The molecule has 1 N–H and O–H groups in total. The van der Waals surface area contributed by atoms with Gasteiger partial charge in [0.25, 0.3) is 0 Å². The fraction of sp³-hybridized carbons (Fsp3) is 0.857. The number of nitrogens with zero attached hydrogens (tertiary/aromatic N) is 1. The van der Waals surface area contributed by atoms with Crippen LogP contribution in [0, 0.1) is 5.92 Å². The van der Waals surface area contributed by atoms with Crippen molar-refractivity contribution in [3.05, 3.63) is 0 Å². The first-order valence-corrected chi connectivity index (χ1v) is 7.10. The van der Waals surface area contributed by atoms with E-state index in [2.05, 4.69) is 5.32 Å². The second kappa shape index (κ2) is 4.76. The number of rotatable bonds is 5. The van der Waals surface area contributed by atoms with Crippen molar-refractivity contribution >= 4 is 11.8 Å². The van der Waals surface area contributed by atoms with E-state index in [0.717, 1.165) is 12.8 Å². The van der Waals surface area contributed by atoms with E-state index in [9.17, 15) is 14.0 Å². The largest absolute Gasteiger partial charge is 0.340 e. The number of piperazine rings is 1. The zero-order valence-electron chi connectivity index (χ0n) is 12.0. The summed E-state index contributed by atoms with van der Waals surface area (Å²) >= 11 is 0. The Morgan fingerprint density at radius 3 is 2.47 bits per heavy atom. The number of amides is 2. The second-order valence-electron chi connectivity index (χ2n) is 6.06. The van der Waals surface area contributed by atoms with Crippen LogP contribution in [0.1, 0.15) is 46.5 Å². The van der Waals surface area contributed by atoms with E-state index in [1.165, 1.54) is 0 Å². The van der Waals surface area contributed by atoms with Gasteiger partial charge in [0.2, 0.25) is 11.8 Å². The fourth-order valence-corrected chi connectivity index (χ4v) is 2.90. The number of hydrogen-bond acceptors (Lipinski definition) is 2. The van der Waals surface area contributed by atoms with Crippen LogP contribution in [0.15, 0.2) is 0 Å².